The van der Waals surface area contributed by atoms with E-state index in [-0.39, 0.29) is 6.04 Å². The van der Waals surface area contributed by atoms with Crippen molar-refractivity contribution in [2.45, 2.75) is 31.7 Å². The van der Waals surface area contributed by atoms with Gasteiger partial charge in [0, 0.05) is 44.7 Å². The lowest BCUT2D eigenvalue weighted by molar-refractivity contribution is 0.0322. The molecular formula is C23H32N6O2. The number of benzene rings is 1. The summed E-state index contributed by atoms with van der Waals surface area (Å²) in [6, 6.07) is 8.06. The van der Waals surface area contributed by atoms with Crippen LogP contribution in [0, 0.1) is 5.92 Å². The topological polar surface area (TPSA) is 74.0 Å². The maximum absolute atomic E-state index is 5.92. The van der Waals surface area contributed by atoms with Gasteiger partial charge in [-0.25, -0.2) is 4.99 Å². The van der Waals surface area contributed by atoms with Gasteiger partial charge in [-0.15, -0.1) is 0 Å². The van der Waals surface area contributed by atoms with E-state index in [1.807, 2.05) is 24.3 Å². The molecule has 1 aromatic carbocycles. The van der Waals surface area contributed by atoms with Crippen LogP contribution in [0.2, 0.25) is 0 Å². The Bertz CT molecular complexity index is 853. The van der Waals surface area contributed by atoms with Crippen molar-refractivity contribution in [2.24, 2.45) is 21.0 Å². The first-order valence-electron chi connectivity index (χ1n) is 11.5. The van der Waals surface area contributed by atoms with Crippen LogP contribution in [0.1, 0.15) is 31.2 Å². The van der Waals surface area contributed by atoms with Crippen LogP contribution < -0.4 is 10.2 Å². The summed E-state index contributed by atoms with van der Waals surface area (Å²) in [5, 5.41) is 4.56. The molecule has 1 saturated carbocycles. The number of nitrogens with one attached hydrogen (secondary N) is 1. The number of likely N-dealkylation sites (N-methyl/N-ethyl adjacent to an activating group) is 1. The minimum absolute atomic E-state index is 0.0177. The Hall–Kier alpha value is -2.45. The summed E-state index contributed by atoms with van der Waals surface area (Å²) in [6.45, 7) is 6.05. The third-order valence-electron chi connectivity index (χ3n) is 6.55. The zero-order chi connectivity index (χ0) is 21.0. The van der Waals surface area contributed by atoms with Crippen LogP contribution in [0.15, 0.2) is 39.4 Å². The fraction of sp³-hybridized carbons (Fsp3) is 0.609. The first-order valence-corrected chi connectivity index (χ1v) is 11.5. The third kappa shape index (κ3) is 4.75. The van der Waals surface area contributed by atoms with Crippen LogP contribution in [0.5, 0.6) is 5.75 Å². The number of fused-ring (bicyclic) bond motifs is 1. The van der Waals surface area contributed by atoms with Gasteiger partial charge >= 0.3 is 0 Å². The molecule has 2 fully saturated rings. The predicted octanol–water partition coefficient (Wildman–Crippen LogP) is 1.96. The Kier molecular flexibility index (Phi) is 6.18. The van der Waals surface area contributed by atoms with E-state index in [1.165, 1.54) is 31.5 Å². The summed E-state index contributed by atoms with van der Waals surface area (Å²) in [4.78, 5) is 14.4. The summed E-state index contributed by atoms with van der Waals surface area (Å²) >= 11 is 0. The van der Waals surface area contributed by atoms with E-state index >= 15 is 0 Å². The number of hydrogen-bond acceptors (Lipinski definition) is 8. The van der Waals surface area contributed by atoms with Crippen LogP contribution in [-0.2, 0) is 4.74 Å². The Balaban J connectivity index is 1.18. The average molecular weight is 425 g/mol. The van der Waals surface area contributed by atoms with E-state index in [0.29, 0.717) is 12.5 Å². The van der Waals surface area contributed by atoms with Crippen LogP contribution in [0.3, 0.4) is 0 Å². The van der Waals surface area contributed by atoms with Crippen molar-refractivity contribution in [1.29, 1.82) is 0 Å². The monoisotopic (exact) mass is 424 g/mol. The van der Waals surface area contributed by atoms with Crippen molar-refractivity contribution >= 4 is 17.5 Å². The summed E-state index contributed by atoms with van der Waals surface area (Å²) in [7, 11) is 2.13. The van der Waals surface area contributed by atoms with Crippen molar-refractivity contribution in [2.75, 3.05) is 53.0 Å². The lowest BCUT2D eigenvalue weighted by atomic mass is 10.0. The van der Waals surface area contributed by atoms with Crippen LogP contribution in [-0.4, -0.2) is 86.4 Å². The van der Waals surface area contributed by atoms with Gasteiger partial charge in [-0.3, -0.25) is 15.3 Å². The number of amidine groups is 3. The first kappa shape index (κ1) is 20.5. The molecule has 0 radical (unpaired) electrons. The Labute approximate surface area is 184 Å². The smallest absolute Gasteiger partial charge is 0.176 e. The normalized spacial score (nSPS) is 24.7. The lowest BCUT2D eigenvalue weighted by Gasteiger charge is -2.34. The molecule has 1 saturated heterocycles. The number of hydrogen-bond donors (Lipinski definition) is 1. The second kappa shape index (κ2) is 9.36. The van der Waals surface area contributed by atoms with Gasteiger partial charge < -0.3 is 14.4 Å². The highest BCUT2D eigenvalue weighted by Crippen LogP contribution is 2.29. The van der Waals surface area contributed by atoms with E-state index in [1.54, 1.807) is 0 Å². The van der Waals surface area contributed by atoms with E-state index in [4.69, 9.17) is 19.5 Å². The highest BCUT2D eigenvalue weighted by Gasteiger charge is 2.33. The minimum Gasteiger partial charge on any atom is -0.492 e. The molecule has 0 bridgehead atoms. The molecule has 0 spiro atoms. The van der Waals surface area contributed by atoms with Gasteiger partial charge in [0.1, 0.15) is 30.1 Å². The molecule has 3 heterocycles. The van der Waals surface area contributed by atoms with Gasteiger partial charge in [0.15, 0.2) is 5.84 Å². The standard InChI is InChI=1S/C23H32N6O2/c1-28-16-20-22(25-23(28)18-4-2-3-5-18)27-26-21(24-20)17-6-8-19(9-7-17)31-15-12-29-10-13-30-14-11-29/h6-9,18,20H,2-5,10-16H2,1H3,(H,24,26). The number of morpholine rings is 1. The fourth-order valence-electron chi connectivity index (χ4n) is 4.76. The van der Waals surface area contributed by atoms with Crippen LogP contribution in [0.4, 0.5) is 0 Å². The molecule has 1 unspecified atom stereocenters. The molecule has 5 rings (SSSR count). The third-order valence-corrected chi connectivity index (χ3v) is 6.55. The molecule has 1 aromatic rings. The van der Waals surface area contributed by atoms with E-state index in [9.17, 15) is 0 Å². The molecule has 8 nitrogen and oxygen atoms in total. The highest BCUT2D eigenvalue weighted by atomic mass is 16.5. The molecule has 1 atom stereocenters. The Morgan fingerprint density at radius 2 is 1.90 bits per heavy atom. The molecule has 1 aliphatic carbocycles. The Morgan fingerprint density at radius 3 is 2.68 bits per heavy atom. The second-order valence-electron chi connectivity index (χ2n) is 8.73. The average Bonchev–Trinajstić information content (AvgIpc) is 3.34. The molecular weight excluding hydrogens is 392 g/mol. The van der Waals surface area contributed by atoms with E-state index < -0.39 is 0 Å². The van der Waals surface area contributed by atoms with Gasteiger partial charge in [0.05, 0.1) is 13.2 Å². The summed E-state index contributed by atoms with van der Waals surface area (Å²) in [6.07, 6.45) is 5.09. The number of ether oxygens (including phenoxy) is 2. The maximum atomic E-state index is 5.92. The molecule has 0 amide bonds. The quantitative estimate of drug-likeness (QED) is 0.756. The van der Waals surface area contributed by atoms with Gasteiger partial charge in [-0.1, -0.05) is 12.8 Å². The van der Waals surface area contributed by atoms with Gasteiger partial charge in [0.25, 0.3) is 0 Å². The fourth-order valence-corrected chi connectivity index (χ4v) is 4.76. The first-order chi connectivity index (χ1) is 15.3. The number of aliphatic imine (C=N–C) groups is 2. The second-order valence-corrected chi connectivity index (χ2v) is 8.73. The number of hydrazone groups is 1. The van der Waals surface area contributed by atoms with E-state index in [2.05, 4.69) is 27.4 Å². The largest absolute Gasteiger partial charge is 0.492 e. The lowest BCUT2D eigenvalue weighted by Crippen LogP contribution is -2.48. The number of rotatable bonds is 6. The predicted molar refractivity (Wildman–Crippen MR) is 122 cm³/mol. The summed E-state index contributed by atoms with van der Waals surface area (Å²) in [5.74, 6) is 4.25. The van der Waals surface area contributed by atoms with Crippen molar-refractivity contribution < 1.29 is 9.47 Å². The van der Waals surface area contributed by atoms with Crippen LogP contribution in [0.25, 0.3) is 0 Å². The van der Waals surface area contributed by atoms with Crippen molar-refractivity contribution in [3.63, 3.8) is 0 Å². The van der Waals surface area contributed by atoms with E-state index in [0.717, 1.165) is 62.4 Å². The van der Waals surface area contributed by atoms with Gasteiger partial charge in [-0.05, 0) is 37.1 Å². The van der Waals surface area contributed by atoms with Crippen molar-refractivity contribution in [3.05, 3.63) is 29.8 Å². The molecule has 8 heteroatoms. The molecule has 3 aliphatic heterocycles. The molecule has 0 aromatic heterocycles. The summed E-state index contributed by atoms with van der Waals surface area (Å²) in [5.41, 5.74) is 4.13. The number of nitrogens with zero attached hydrogens (tertiary/aromatic N) is 5. The molecule has 1 N–H and O–H groups in total. The Morgan fingerprint density at radius 1 is 1.13 bits per heavy atom. The zero-order valence-electron chi connectivity index (χ0n) is 18.3. The highest BCUT2D eigenvalue weighted by molar-refractivity contribution is 6.08. The van der Waals surface area contributed by atoms with Crippen molar-refractivity contribution in [3.8, 4) is 5.75 Å². The summed E-state index contributed by atoms with van der Waals surface area (Å²) < 4.78 is 11.3. The molecule has 4 aliphatic rings. The molecule has 31 heavy (non-hydrogen) atoms. The SMILES string of the molecule is CN1CC2N=C(c3ccc(OCCN4CCOCC4)cc3)NN=C2N=C1C1CCCC1. The molecule has 166 valence electrons. The van der Waals surface area contributed by atoms with Gasteiger partial charge in [0.2, 0.25) is 0 Å². The van der Waals surface area contributed by atoms with Gasteiger partial charge in [-0.2, -0.15) is 5.10 Å². The maximum Gasteiger partial charge on any atom is 0.176 e. The minimum atomic E-state index is -0.0177. The zero-order valence-corrected chi connectivity index (χ0v) is 18.3. The van der Waals surface area contributed by atoms with Crippen LogP contribution >= 0.6 is 0 Å². The van der Waals surface area contributed by atoms with Crippen molar-refractivity contribution in [1.82, 2.24) is 15.2 Å².